The summed E-state index contributed by atoms with van der Waals surface area (Å²) in [5.41, 5.74) is 1.71. The van der Waals surface area contributed by atoms with E-state index in [1.54, 1.807) is 53.1 Å². The molecule has 0 radical (unpaired) electrons. The van der Waals surface area contributed by atoms with E-state index in [0.717, 1.165) is 0 Å². The van der Waals surface area contributed by atoms with Crippen molar-refractivity contribution >= 4 is 33.2 Å². The number of hydrogen-bond donors (Lipinski definition) is 1. The van der Waals surface area contributed by atoms with Gasteiger partial charge in [0.25, 0.3) is 5.91 Å². The number of sulfonamides is 1. The summed E-state index contributed by atoms with van der Waals surface area (Å²) in [5.74, 6) is -0.308. The molecule has 30 heavy (non-hydrogen) atoms. The molecule has 0 spiro atoms. The molecule has 9 heteroatoms. The topological polar surface area (TPSA) is 84.3 Å². The molecule has 0 fully saturated rings. The second-order valence-electron chi connectivity index (χ2n) is 7.53. The first kappa shape index (κ1) is 20.6. The van der Waals surface area contributed by atoms with Crippen LogP contribution in [0.3, 0.4) is 0 Å². The van der Waals surface area contributed by atoms with Crippen LogP contribution < -0.4 is 5.32 Å². The zero-order valence-electron chi connectivity index (χ0n) is 16.5. The molecule has 1 amide bonds. The van der Waals surface area contributed by atoms with Gasteiger partial charge in [0.15, 0.2) is 5.69 Å². The van der Waals surface area contributed by atoms with Gasteiger partial charge in [0.2, 0.25) is 10.0 Å². The predicted octanol–water partition coefficient (Wildman–Crippen LogP) is 3.94. The minimum atomic E-state index is -3.72. The van der Waals surface area contributed by atoms with Crippen molar-refractivity contribution in [1.82, 2.24) is 13.9 Å². The Kier molecular flexibility index (Phi) is 5.40. The molecule has 7 nitrogen and oxygen atoms in total. The lowest BCUT2D eigenvalue weighted by atomic mass is 10.2. The molecular weight excluding hydrogens is 424 g/mol. The third kappa shape index (κ3) is 3.74. The fraction of sp³-hybridized carbons (Fsp3) is 0.238. The third-order valence-corrected chi connectivity index (χ3v) is 6.90. The monoisotopic (exact) mass is 444 g/mol. The fourth-order valence-electron chi connectivity index (χ4n) is 3.51. The molecule has 2 aromatic carbocycles. The number of aromatic nitrogens is 2. The smallest absolute Gasteiger partial charge is 0.276 e. The van der Waals surface area contributed by atoms with Gasteiger partial charge in [-0.25, -0.2) is 13.4 Å². The van der Waals surface area contributed by atoms with E-state index in [9.17, 15) is 13.2 Å². The number of nitrogens with one attached hydrogen (secondary N) is 1. The molecule has 2 heterocycles. The van der Waals surface area contributed by atoms with Gasteiger partial charge in [0.05, 0.1) is 17.9 Å². The summed E-state index contributed by atoms with van der Waals surface area (Å²) in [7, 11) is -3.72. The average Bonchev–Trinajstić information content (AvgIpc) is 3.07. The first-order valence-corrected chi connectivity index (χ1v) is 11.3. The molecule has 0 saturated heterocycles. The van der Waals surface area contributed by atoms with Crippen molar-refractivity contribution in [1.29, 1.82) is 0 Å². The second-order valence-corrected chi connectivity index (χ2v) is 9.88. The van der Waals surface area contributed by atoms with Crippen LogP contribution in [0, 0.1) is 5.92 Å². The number of nitrogens with zero attached hydrogens (tertiary/aromatic N) is 3. The van der Waals surface area contributed by atoms with Crippen molar-refractivity contribution in [2.45, 2.75) is 25.3 Å². The summed E-state index contributed by atoms with van der Waals surface area (Å²) in [5, 5.41) is 3.29. The molecule has 0 bridgehead atoms. The number of amides is 1. The minimum absolute atomic E-state index is 0.0491. The number of para-hydroxylation sites is 1. The highest BCUT2D eigenvalue weighted by Gasteiger charge is 2.35. The summed E-state index contributed by atoms with van der Waals surface area (Å²) in [6.07, 6.45) is 1.50. The van der Waals surface area contributed by atoms with Gasteiger partial charge in [0.1, 0.15) is 11.2 Å². The van der Waals surface area contributed by atoms with Gasteiger partial charge in [0, 0.05) is 17.3 Å². The van der Waals surface area contributed by atoms with Gasteiger partial charge in [-0.05, 0) is 36.2 Å². The maximum atomic E-state index is 13.3. The Hall–Kier alpha value is -2.68. The number of imidazole rings is 1. The first-order valence-electron chi connectivity index (χ1n) is 9.50. The first-order chi connectivity index (χ1) is 14.3. The summed E-state index contributed by atoms with van der Waals surface area (Å²) < 4.78 is 29.7. The lowest BCUT2D eigenvalue weighted by molar-refractivity contribution is 0.102. The number of rotatable bonds is 4. The standard InChI is InChI=1S/C21H21ClN4O3S/c1-14(2)11-25-12-18-20(21(27)24-16-7-5-6-15(22)10-16)23-13-26(18)17-8-3-4-9-19(17)30(25,28)29/h3-10,13-14H,11-12H2,1-2H3,(H,24,27). The molecule has 1 aliphatic rings. The molecule has 0 saturated carbocycles. The number of hydrogen-bond acceptors (Lipinski definition) is 4. The van der Waals surface area contributed by atoms with E-state index < -0.39 is 15.9 Å². The number of carbonyl (C=O) groups is 1. The summed E-state index contributed by atoms with van der Waals surface area (Å²) in [4.78, 5) is 17.5. The number of halogens is 1. The van der Waals surface area contributed by atoms with Crippen molar-refractivity contribution in [3.63, 3.8) is 0 Å². The highest BCUT2D eigenvalue weighted by molar-refractivity contribution is 7.89. The lowest BCUT2D eigenvalue weighted by Gasteiger charge is -2.22. The van der Waals surface area contributed by atoms with Crippen molar-refractivity contribution in [3.05, 3.63) is 71.3 Å². The molecule has 0 unspecified atom stereocenters. The van der Waals surface area contributed by atoms with E-state index in [4.69, 9.17) is 11.6 Å². The van der Waals surface area contributed by atoms with E-state index >= 15 is 0 Å². The molecule has 1 aromatic heterocycles. The number of anilines is 1. The Morgan fingerprint density at radius 2 is 1.97 bits per heavy atom. The zero-order chi connectivity index (χ0) is 21.5. The molecule has 3 aromatic rings. The van der Waals surface area contributed by atoms with Gasteiger partial charge in [-0.15, -0.1) is 0 Å². The molecule has 1 aliphatic heterocycles. The average molecular weight is 445 g/mol. The maximum Gasteiger partial charge on any atom is 0.276 e. The molecule has 0 atom stereocenters. The Morgan fingerprint density at radius 1 is 1.20 bits per heavy atom. The van der Waals surface area contributed by atoms with E-state index in [0.29, 0.717) is 28.6 Å². The minimum Gasteiger partial charge on any atom is -0.321 e. The van der Waals surface area contributed by atoms with E-state index in [1.807, 2.05) is 13.8 Å². The Balaban J connectivity index is 1.80. The van der Waals surface area contributed by atoms with Crippen LogP contribution in [-0.4, -0.2) is 34.7 Å². The van der Waals surface area contributed by atoms with Gasteiger partial charge >= 0.3 is 0 Å². The Labute approximate surface area is 180 Å². The quantitative estimate of drug-likeness (QED) is 0.660. The summed E-state index contributed by atoms with van der Waals surface area (Å²) >= 11 is 6.00. The number of fused-ring (bicyclic) bond motifs is 3. The maximum absolute atomic E-state index is 13.3. The van der Waals surface area contributed by atoms with Crippen LogP contribution in [-0.2, 0) is 16.6 Å². The van der Waals surface area contributed by atoms with Crippen LogP contribution >= 0.6 is 11.6 Å². The fourth-order valence-corrected chi connectivity index (χ4v) is 5.45. The van der Waals surface area contributed by atoms with Gasteiger partial charge < -0.3 is 5.32 Å². The second kappa shape index (κ2) is 7.86. The molecule has 156 valence electrons. The van der Waals surface area contributed by atoms with Crippen molar-refractivity contribution in [3.8, 4) is 5.69 Å². The highest BCUT2D eigenvalue weighted by atomic mass is 35.5. The van der Waals surface area contributed by atoms with Gasteiger partial charge in [-0.1, -0.05) is 43.6 Å². The van der Waals surface area contributed by atoms with Crippen LogP contribution in [0.2, 0.25) is 5.02 Å². The Bertz CT molecular complexity index is 1220. The lowest BCUT2D eigenvalue weighted by Crippen LogP contribution is -2.33. The van der Waals surface area contributed by atoms with Crippen LogP contribution in [0.4, 0.5) is 5.69 Å². The zero-order valence-corrected chi connectivity index (χ0v) is 18.1. The highest BCUT2D eigenvalue weighted by Crippen LogP contribution is 2.32. The molecule has 4 rings (SSSR count). The largest absolute Gasteiger partial charge is 0.321 e. The van der Waals surface area contributed by atoms with Gasteiger partial charge in [-0.2, -0.15) is 4.31 Å². The molecular formula is C21H21ClN4O3S. The molecule has 1 N–H and O–H groups in total. The number of carbonyl (C=O) groups excluding carboxylic acids is 1. The van der Waals surface area contributed by atoms with Gasteiger partial charge in [-0.3, -0.25) is 9.36 Å². The van der Waals surface area contributed by atoms with E-state index in [-0.39, 0.29) is 23.1 Å². The third-order valence-electron chi connectivity index (χ3n) is 4.80. The van der Waals surface area contributed by atoms with Crippen molar-refractivity contribution in [2.24, 2.45) is 5.92 Å². The van der Waals surface area contributed by atoms with E-state index in [2.05, 4.69) is 10.3 Å². The number of benzene rings is 2. The van der Waals surface area contributed by atoms with Crippen LogP contribution in [0.5, 0.6) is 0 Å². The molecule has 0 aliphatic carbocycles. The van der Waals surface area contributed by atoms with Crippen molar-refractivity contribution in [2.75, 3.05) is 11.9 Å². The van der Waals surface area contributed by atoms with E-state index in [1.165, 1.54) is 10.6 Å². The predicted molar refractivity (Wildman–Crippen MR) is 115 cm³/mol. The van der Waals surface area contributed by atoms with Crippen molar-refractivity contribution < 1.29 is 13.2 Å². The Morgan fingerprint density at radius 3 is 2.70 bits per heavy atom. The SMILES string of the molecule is CC(C)CN1Cc2c(C(=O)Nc3cccc(Cl)c3)ncn2-c2ccccc2S1(=O)=O. The summed E-state index contributed by atoms with van der Waals surface area (Å²) in [6, 6.07) is 13.6. The van der Waals surface area contributed by atoms with Crippen LogP contribution in [0.1, 0.15) is 30.0 Å². The van der Waals surface area contributed by atoms with Crippen LogP contribution in [0.15, 0.2) is 59.8 Å². The van der Waals surface area contributed by atoms with Crippen LogP contribution in [0.25, 0.3) is 5.69 Å². The normalized spacial score (nSPS) is 15.3. The summed E-state index contributed by atoms with van der Waals surface area (Å²) in [6.45, 7) is 4.29.